The molecule has 1 aliphatic heterocycles. The molecule has 0 spiro atoms. The Hall–Kier alpha value is -2.28. The molecule has 1 atom stereocenters. The minimum atomic E-state index is -0.485. The summed E-state index contributed by atoms with van der Waals surface area (Å²) < 4.78 is 16.5. The fourth-order valence-electron chi connectivity index (χ4n) is 3.59. The number of β-amino-alcohol motifs (C(OH)–C–C–N with tert-alkyl or cyclic N) is 1. The molecule has 0 aliphatic carbocycles. The third-order valence-electron chi connectivity index (χ3n) is 5.42. The normalized spacial score (nSPS) is 15.8. The maximum Gasteiger partial charge on any atom is 0.119 e. The Labute approximate surface area is 180 Å². The number of aliphatic hydroxyl groups is 1. The van der Waals surface area contributed by atoms with E-state index in [-0.39, 0.29) is 0 Å². The molecule has 3 rings (SSSR count). The molecule has 2 aromatic rings. The van der Waals surface area contributed by atoms with Gasteiger partial charge in [-0.1, -0.05) is 19.1 Å². The van der Waals surface area contributed by atoms with Crippen molar-refractivity contribution in [2.45, 2.75) is 19.4 Å². The van der Waals surface area contributed by atoms with E-state index in [1.165, 1.54) is 11.3 Å². The summed E-state index contributed by atoms with van der Waals surface area (Å²) in [6.45, 7) is 7.81. The number of rotatable bonds is 11. The number of hydrogen-bond acceptors (Lipinski definition) is 6. The van der Waals surface area contributed by atoms with E-state index < -0.39 is 6.10 Å². The zero-order valence-electron chi connectivity index (χ0n) is 18.1. The molecule has 164 valence electrons. The van der Waals surface area contributed by atoms with Crippen LogP contribution in [0.5, 0.6) is 11.5 Å². The number of methoxy groups -OCH3 is 1. The lowest BCUT2D eigenvalue weighted by Crippen LogP contribution is -2.49. The molecule has 0 radical (unpaired) electrons. The van der Waals surface area contributed by atoms with Crippen LogP contribution in [-0.2, 0) is 11.2 Å². The van der Waals surface area contributed by atoms with Crippen LogP contribution >= 0.6 is 0 Å². The Bertz CT molecular complexity index is 728. The van der Waals surface area contributed by atoms with Crippen molar-refractivity contribution < 1.29 is 19.3 Å². The summed E-state index contributed by atoms with van der Waals surface area (Å²) >= 11 is 0. The Kier molecular flexibility index (Phi) is 8.81. The number of nitrogens with zero attached hydrogens (tertiary/aromatic N) is 2. The summed E-state index contributed by atoms with van der Waals surface area (Å²) in [5.74, 6) is 1.73. The van der Waals surface area contributed by atoms with E-state index >= 15 is 0 Å². The van der Waals surface area contributed by atoms with Gasteiger partial charge in [0.25, 0.3) is 0 Å². The number of piperazine rings is 1. The number of ether oxygens (including phenoxy) is 3. The summed E-state index contributed by atoms with van der Waals surface area (Å²) in [6, 6.07) is 16.3. The van der Waals surface area contributed by atoms with Gasteiger partial charge in [-0.3, -0.25) is 4.90 Å². The van der Waals surface area contributed by atoms with Crippen molar-refractivity contribution >= 4 is 5.69 Å². The molecule has 1 aliphatic rings. The van der Waals surface area contributed by atoms with Gasteiger partial charge in [0.2, 0.25) is 0 Å². The zero-order chi connectivity index (χ0) is 21.2. The van der Waals surface area contributed by atoms with Crippen LogP contribution in [0.25, 0.3) is 0 Å². The summed E-state index contributed by atoms with van der Waals surface area (Å²) in [6.07, 6.45) is 0.541. The lowest BCUT2D eigenvalue weighted by molar-refractivity contribution is 0.00718. The quantitative estimate of drug-likeness (QED) is 0.571. The van der Waals surface area contributed by atoms with E-state index in [1.54, 1.807) is 7.11 Å². The molecule has 30 heavy (non-hydrogen) atoms. The Balaban J connectivity index is 1.27. The first-order valence-electron chi connectivity index (χ1n) is 10.8. The average molecular weight is 415 g/mol. The van der Waals surface area contributed by atoms with E-state index in [1.807, 2.05) is 24.3 Å². The first-order valence-corrected chi connectivity index (χ1v) is 10.8. The van der Waals surface area contributed by atoms with Crippen molar-refractivity contribution in [3.8, 4) is 11.5 Å². The summed E-state index contributed by atoms with van der Waals surface area (Å²) in [5, 5.41) is 10.3. The fourth-order valence-corrected chi connectivity index (χ4v) is 3.59. The number of anilines is 1. The molecule has 0 aromatic heterocycles. The second-order valence-corrected chi connectivity index (χ2v) is 7.56. The maximum absolute atomic E-state index is 10.3. The van der Waals surface area contributed by atoms with Crippen LogP contribution in [0.1, 0.15) is 12.5 Å². The van der Waals surface area contributed by atoms with Gasteiger partial charge in [0, 0.05) is 38.4 Å². The lowest BCUT2D eigenvalue weighted by Gasteiger charge is -2.36. The van der Waals surface area contributed by atoms with Crippen molar-refractivity contribution in [3.63, 3.8) is 0 Å². The van der Waals surface area contributed by atoms with Crippen molar-refractivity contribution in [2.24, 2.45) is 0 Å². The maximum atomic E-state index is 10.3. The number of aliphatic hydroxyl groups excluding tert-OH is 1. The molecule has 1 fully saturated rings. The Morgan fingerprint density at radius 3 is 2.20 bits per heavy atom. The number of hydrogen-bond donors (Lipinski definition) is 1. The Morgan fingerprint density at radius 1 is 0.900 bits per heavy atom. The lowest BCUT2D eigenvalue weighted by atomic mass is 10.2. The van der Waals surface area contributed by atoms with Crippen molar-refractivity contribution in [2.75, 3.05) is 64.6 Å². The molecule has 1 heterocycles. The average Bonchev–Trinajstić information content (AvgIpc) is 2.80. The molecule has 6 heteroatoms. The summed E-state index contributed by atoms with van der Waals surface area (Å²) in [4.78, 5) is 4.66. The van der Waals surface area contributed by atoms with E-state index in [2.05, 4.69) is 41.0 Å². The van der Waals surface area contributed by atoms with Gasteiger partial charge in [-0.25, -0.2) is 0 Å². The van der Waals surface area contributed by atoms with Crippen LogP contribution in [0.2, 0.25) is 0 Å². The Morgan fingerprint density at radius 2 is 1.57 bits per heavy atom. The van der Waals surface area contributed by atoms with Gasteiger partial charge in [-0.05, 0) is 48.4 Å². The molecule has 0 bridgehead atoms. The molecule has 0 saturated carbocycles. The third kappa shape index (κ3) is 6.90. The molecular formula is C24H34N2O4. The van der Waals surface area contributed by atoms with Crippen LogP contribution in [0.4, 0.5) is 5.69 Å². The van der Waals surface area contributed by atoms with Gasteiger partial charge in [-0.15, -0.1) is 0 Å². The van der Waals surface area contributed by atoms with Crippen molar-refractivity contribution in [3.05, 3.63) is 54.1 Å². The molecular weight excluding hydrogens is 380 g/mol. The summed E-state index contributed by atoms with van der Waals surface area (Å²) in [5.41, 5.74) is 2.51. The van der Waals surface area contributed by atoms with E-state index in [0.717, 1.165) is 44.1 Å². The number of benzene rings is 2. The van der Waals surface area contributed by atoms with Gasteiger partial charge < -0.3 is 24.2 Å². The molecule has 1 N–H and O–H groups in total. The van der Waals surface area contributed by atoms with Crippen LogP contribution in [-0.4, -0.2) is 75.8 Å². The highest BCUT2D eigenvalue weighted by Gasteiger charge is 2.19. The second kappa shape index (κ2) is 11.8. The zero-order valence-corrected chi connectivity index (χ0v) is 18.1. The van der Waals surface area contributed by atoms with Crippen LogP contribution in [0.3, 0.4) is 0 Å². The molecule has 1 saturated heterocycles. The summed E-state index contributed by atoms with van der Waals surface area (Å²) in [7, 11) is 1.68. The third-order valence-corrected chi connectivity index (χ3v) is 5.42. The highest BCUT2D eigenvalue weighted by Crippen LogP contribution is 2.20. The first kappa shape index (κ1) is 22.4. The van der Waals surface area contributed by atoms with Gasteiger partial charge in [-0.2, -0.15) is 0 Å². The van der Waals surface area contributed by atoms with E-state index in [9.17, 15) is 5.11 Å². The largest absolute Gasteiger partial charge is 0.497 e. The fraction of sp³-hybridized carbons (Fsp3) is 0.500. The highest BCUT2D eigenvalue weighted by atomic mass is 16.5. The minimum Gasteiger partial charge on any atom is -0.497 e. The van der Waals surface area contributed by atoms with Gasteiger partial charge >= 0.3 is 0 Å². The van der Waals surface area contributed by atoms with Crippen molar-refractivity contribution in [1.82, 2.24) is 4.90 Å². The predicted molar refractivity (Wildman–Crippen MR) is 120 cm³/mol. The molecule has 2 aromatic carbocycles. The molecule has 0 amide bonds. The smallest absolute Gasteiger partial charge is 0.119 e. The predicted octanol–water partition coefficient (Wildman–Crippen LogP) is 2.84. The molecule has 6 nitrogen and oxygen atoms in total. The van der Waals surface area contributed by atoms with Gasteiger partial charge in [0.15, 0.2) is 0 Å². The standard InChI is InChI=1S/C24H34N2O4/c1-3-20-4-8-24(9-5-20)30-17-16-29-19-22(27)18-25-12-14-26(15-13-25)21-6-10-23(28-2)11-7-21/h4-11,22,27H,3,12-19H2,1-2H3/t22-/m0/s1. The van der Waals surface area contributed by atoms with E-state index in [4.69, 9.17) is 14.2 Å². The topological polar surface area (TPSA) is 54.4 Å². The monoisotopic (exact) mass is 414 g/mol. The van der Waals surface area contributed by atoms with Crippen LogP contribution in [0.15, 0.2) is 48.5 Å². The van der Waals surface area contributed by atoms with Gasteiger partial charge in [0.1, 0.15) is 18.1 Å². The SMILES string of the molecule is CCc1ccc(OCCOC[C@@H](O)CN2CCN(c3ccc(OC)cc3)CC2)cc1. The first-order chi connectivity index (χ1) is 14.7. The van der Waals surface area contributed by atoms with Gasteiger partial charge in [0.05, 0.1) is 26.4 Å². The van der Waals surface area contributed by atoms with Crippen molar-refractivity contribution in [1.29, 1.82) is 0 Å². The second-order valence-electron chi connectivity index (χ2n) is 7.56. The van der Waals surface area contributed by atoms with Crippen LogP contribution in [0, 0.1) is 0 Å². The molecule has 0 unspecified atom stereocenters. The minimum absolute atomic E-state index is 0.330. The highest BCUT2D eigenvalue weighted by molar-refractivity contribution is 5.49. The number of aryl methyl sites for hydroxylation is 1. The van der Waals surface area contributed by atoms with Crippen LogP contribution < -0.4 is 14.4 Å². The van der Waals surface area contributed by atoms with E-state index in [0.29, 0.717) is 26.4 Å².